The van der Waals surface area contributed by atoms with E-state index in [4.69, 9.17) is 19.9 Å². The van der Waals surface area contributed by atoms with Gasteiger partial charge in [-0.15, -0.1) is 0 Å². The summed E-state index contributed by atoms with van der Waals surface area (Å²) in [6, 6.07) is -0.914. The third kappa shape index (κ3) is 7.68. The molecular formula is C24H45NO8. The summed E-state index contributed by atoms with van der Waals surface area (Å²) >= 11 is 0. The second kappa shape index (κ2) is 11.9. The van der Waals surface area contributed by atoms with Gasteiger partial charge in [-0.2, -0.15) is 0 Å². The second-order valence-corrected chi connectivity index (χ2v) is 10.6. The van der Waals surface area contributed by atoms with Crippen LogP contribution in [0.2, 0.25) is 0 Å². The Bertz CT molecular complexity index is 632. The van der Waals surface area contributed by atoms with E-state index in [1.54, 1.807) is 6.92 Å². The smallest absolute Gasteiger partial charge is 0.186 e. The minimum Gasteiger partial charge on any atom is -0.393 e. The van der Waals surface area contributed by atoms with Crippen molar-refractivity contribution in [3.05, 3.63) is 12.2 Å². The molecule has 7 N–H and O–H groups in total. The maximum atomic E-state index is 11.0. The van der Waals surface area contributed by atoms with Crippen LogP contribution < -0.4 is 5.73 Å². The molecule has 0 aromatic rings. The predicted molar refractivity (Wildman–Crippen MR) is 123 cm³/mol. The minimum atomic E-state index is -1.66. The molecule has 33 heavy (non-hydrogen) atoms. The second-order valence-electron chi connectivity index (χ2n) is 10.6. The lowest BCUT2D eigenvalue weighted by molar-refractivity contribution is -0.309. The number of hydrogen-bond donors (Lipinski definition) is 6. The normalized spacial score (nSPS) is 42.2. The third-order valence-electron chi connectivity index (χ3n) is 6.77. The lowest BCUT2D eigenvalue weighted by atomic mass is 9.83. The number of hydrogen-bond acceptors (Lipinski definition) is 9. The average Bonchev–Trinajstić information content (AvgIpc) is 2.71. The number of nitrogens with two attached hydrogens (primary N) is 1. The fraction of sp³-hybridized carbons (Fsp3) is 0.917. The molecule has 9 nitrogen and oxygen atoms in total. The lowest BCUT2D eigenvalue weighted by Gasteiger charge is -2.46. The molecule has 2 aliphatic rings. The molecule has 194 valence electrons. The molecule has 0 aliphatic carbocycles. The number of aliphatic hydroxyl groups is 5. The predicted octanol–water partition coefficient (Wildman–Crippen LogP) is 0.649. The summed E-state index contributed by atoms with van der Waals surface area (Å²) in [7, 11) is 0. The molecule has 2 saturated heterocycles. The van der Waals surface area contributed by atoms with Gasteiger partial charge in [-0.05, 0) is 18.8 Å². The third-order valence-corrected chi connectivity index (χ3v) is 6.77. The van der Waals surface area contributed by atoms with Crippen molar-refractivity contribution >= 4 is 0 Å². The maximum Gasteiger partial charge on any atom is 0.186 e. The van der Waals surface area contributed by atoms with Gasteiger partial charge in [0, 0.05) is 25.2 Å². The van der Waals surface area contributed by atoms with Gasteiger partial charge >= 0.3 is 0 Å². The van der Waals surface area contributed by atoms with Crippen molar-refractivity contribution in [2.75, 3.05) is 0 Å². The molecule has 0 aromatic carbocycles. The van der Waals surface area contributed by atoms with E-state index in [1.807, 2.05) is 46.8 Å². The van der Waals surface area contributed by atoms with Gasteiger partial charge in [0.05, 0.1) is 42.7 Å². The Morgan fingerprint density at radius 1 is 1.09 bits per heavy atom. The van der Waals surface area contributed by atoms with Gasteiger partial charge in [0.15, 0.2) is 12.1 Å². The zero-order chi connectivity index (χ0) is 25.1. The molecule has 2 aliphatic heterocycles. The summed E-state index contributed by atoms with van der Waals surface area (Å²) in [4.78, 5) is 0. The number of ether oxygens (including phenoxy) is 3. The van der Waals surface area contributed by atoms with Crippen molar-refractivity contribution in [2.45, 2.75) is 122 Å². The highest BCUT2D eigenvalue weighted by Gasteiger charge is 2.47. The monoisotopic (exact) mass is 475 g/mol. The van der Waals surface area contributed by atoms with Gasteiger partial charge in [0.2, 0.25) is 0 Å². The average molecular weight is 476 g/mol. The van der Waals surface area contributed by atoms with Gasteiger partial charge in [-0.3, -0.25) is 0 Å². The van der Waals surface area contributed by atoms with E-state index >= 15 is 0 Å². The summed E-state index contributed by atoms with van der Waals surface area (Å²) in [5.74, 6) is -1.77. The topological polar surface area (TPSA) is 155 Å². The van der Waals surface area contributed by atoms with Crippen LogP contribution in [0.25, 0.3) is 0 Å². The Balaban J connectivity index is 2.18. The summed E-state index contributed by atoms with van der Waals surface area (Å²) in [5, 5.41) is 52.5. The molecule has 0 spiro atoms. The first-order valence-corrected chi connectivity index (χ1v) is 12.1. The molecule has 0 aromatic heterocycles. The molecule has 5 unspecified atom stereocenters. The molecule has 9 heteroatoms. The highest BCUT2D eigenvalue weighted by atomic mass is 16.7. The standard InChI is InChI=1S/C24H45NO8/c1-12(2)7-8-16(32-23-22(29)20(25)21(28)15(6)31-23)9-19-14(5)18(27)11-24(30,33-19)10-17(26)13(3)4/h7-8,12-23,26-30H,9-11,25H2,1-6H3/b8-7+/t14-,15?,16+,17-,18+,19+,20?,21?,22?,23?,24-/m1/s1. The van der Waals surface area contributed by atoms with Crippen molar-refractivity contribution in [3.63, 3.8) is 0 Å². The van der Waals surface area contributed by atoms with E-state index in [0.29, 0.717) is 0 Å². The quantitative estimate of drug-likeness (QED) is 0.264. The fourth-order valence-electron chi connectivity index (χ4n) is 4.26. The Morgan fingerprint density at radius 3 is 2.30 bits per heavy atom. The Kier molecular flexibility index (Phi) is 10.3. The van der Waals surface area contributed by atoms with Crippen LogP contribution >= 0.6 is 0 Å². The van der Waals surface area contributed by atoms with Crippen molar-refractivity contribution in [3.8, 4) is 0 Å². The van der Waals surface area contributed by atoms with Crippen LogP contribution in [0.15, 0.2) is 12.2 Å². The Morgan fingerprint density at radius 2 is 1.73 bits per heavy atom. The molecular weight excluding hydrogens is 430 g/mol. The first-order chi connectivity index (χ1) is 15.2. The van der Waals surface area contributed by atoms with Crippen LogP contribution in [0.3, 0.4) is 0 Å². The number of rotatable bonds is 9. The van der Waals surface area contributed by atoms with E-state index in [1.165, 1.54) is 0 Å². The molecule has 2 fully saturated rings. The summed E-state index contributed by atoms with van der Waals surface area (Å²) in [6.45, 7) is 11.2. The summed E-state index contributed by atoms with van der Waals surface area (Å²) in [6.07, 6.45) is -2.54. The zero-order valence-corrected chi connectivity index (χ0v) is 20.7. The zero-order valence-electron chi connectivity index (χ0n) is 20.7. The Hall–Kier alpha value is -0.620. The van der Waals surface area contributed by atoms with Crippen LogP contribution in [0.4, 0.5) is 0 Å². The van der Waals surface area contributed by atoms with Crippen molar-refractivity contribution < 1.29 is 39.7 Å². The van der Waals surface area contributed by atoms with Crippen LogP contribution in [-0.2, 0) is 14.2 Å². The summed E-state index contributed by atoms with van der Waals surface area (Å²) in [5.41, 5.74) is 5.94. The molecule has 0 radical (unpaired) electrons. The van der Waals surface area contributed by atoms with Gasteiger partial charge in [-0.25, -0.2) is 0 Å². The van der Waals surface area contributed by atoms with Crippen LogP contribution in [0.1, 0.15) is 60.8 Å². The van der Waals surface area contributed by atoms with Crippen molar-refractivity contribution in [1.29, 1.82) is 0 Å². The molecule has 11 atom stereocenters. The summed E-state index contributed by atoms with van der Waals surface area (Å²) < 4.78 is 17.8. The highest BCUT2D eigenvalue weighted by molar-refractivity contribution is 4.98. The van der Waals surface area contributed by atoms with Crippen LogP contribution in [0.5, 0.6) is 0 Å². The van der Waals surface area contributed by atoms with E-state index in [0.717, 1.165) is 0 Å². The lowest BCUT2D eigenvalue weighted by Crippen LogP contribution is -2.61. The SMILES string of the molecule is CC(C)/C=C/[C@@H](C[C@@H]1O[C@](O)(C[C@@H](O)C(C)C)C[C@H](O)[C@H]1C)OC1OC(C)C(O)C(N)C1O. The highest BCUT2D eigenvalue weighted by Crippen LogP contribution is 2.37. The molecule has 2 heterocycles. The Labute approximate surface area is 197 Å². The maximum absolute atomic E-state index is 11.0. The largest absolute Gasteiger partial charge is 0.393 e. The van der Waals surface area contributed by atoms with Gasteiger partial charge in [0.25, 0.3) is 0 Å². The van der Waals surface area contributed by atoms with Crippen LogP contribution in [-0.4, -0.2) is 86.4 Å². The first kappa shape index (κ1) is 28.6. The number of allylic oxidation sites excluding steroid dienone is 1. The van der Waals surface area contributed by atoms with Crippen molar-refractivity contribution in [1.82, 2.24) is 0 Å². The van der Waals surface area contributed by atoms with E-state index < -0.39 is 60.8 Å². The first-order valence-electron chi connectivity index (χ1n) is 12.1. The van der Waals surface area contributed by atoms with Crippen LogP contribution in [0, 0.1) is 17.8 Å². The molecule has 0 amide bonds. The van der Waals surface area contributed by atoms with E-state index in [2.05, 4.69) is 0 Å². The van der Waals surface area contributed by atoms with Crippen molar-refractivity contribution in [2.24, 2.45) is 23.5 Å². The van der Waals surface area contributed by atoms with Gasteiger partial charge in [-0.1, -0.05) is 46.8 Å². The molecule has 0 bridgehead atoms. The van der Waals surface area contributed by atoms with Gasteiger partial charge < -0.3 is 45.5 Å². The fourth-order valence-corrected chi connectivity index (χ4v) is 4.26. The molecule has 0 saturated carbocycles. The molecule has 2 rings (SSSR count). The number of aliphatic hydroxyl groups excluding tert-OH is 4. The van der Waals surface area contributed by atoms with E-state index in [9.17, 15) is 25.5 Å². The van der Waals surface area contributed by atoms with E-state index in [-0.39, 0.29) is 37.0 Å². The van der Waals surface area contributed by atoms with Gasteiger partial charge in [0.1, 0.15) is 6.10 Å². The minimum absolute atomic E-state index is 0.00693.